The quantitative estimate of drug-likeness (QED) is 0.188. The van der Waals surface area contributed by atoms with E-state index in [1.165, 1.54) is 0 Å². The summed E-state index contributed by atoms with van der Waals surface area (Å²) in [7, 11) is 0. The van der Waals surface area contributed by atoms with E-state index in [0.717, 1.165) is 6.21 Å². The maximum atomic E-state index is 8.47. The Morgan fingerprint density at radius 1 is 1.83 bits per heavy atom. The van der Waals surface area contributed by atoms with Crippen molar-refractivity contribution in [2.75, 3.05) is 6.61 Å². The summed E-state index contributed by atoms with van der Waals surface area (Å²) in [6.45, 7) is 2.03. The third-order valence-electron chi connectivity index (χ3n) is 1.21. The molecule has 0 saturated carbocycles. The van der Waals surface area contributed by atoms with Crippen molar-refractivity contribution in [3.8, 4) is 12.3 Å². The minimum atomic E-state index is 0.229. The van der Waals surface area contributed by atoms with Crippen molar-refractivity contribution in [2.24, 2.45) is 0 Å². The molecule has 0 aromatic rings. The van der Waals surface area contributed by atoms with Crippen LogP contribution in [0.25, 0.3) is 0 Å². The Balaban J connectivity index is 3.98. The van der Waals surface area contributed by atoms with Crippen LogP contribution in [-0.2, 0) is 4.74 Å². The van der Waals surface area contributed by atoms with Gasteiger partial charge in [-0.3, -0.25) is 10.7 Å². The van der Waals surface area contributed by atoms with E-state index < -0.39 is 0 Å². The van der Waals surface area contributed by atoms with Crippen LogP contribution in [0.3, 0.4) is 0 Å². The van der Waals surface area contributed by atoms with Gasteiger partial charge in [0.05, 0.1) is 6.61 Å². The minimum Gasteiger partial charge on any atom is -0.495 e. The Labute approximate surface area is 71.7 Å². The Morgan fingerprint density at radius 2 is 2.50 bits per heavy atom. The Kier molecular flexibility index (Phi) is 5.49. The molecule has 0 aromatic heterocycles. The van der Waals surface area contributed by atoms with Gasteiger partial charge in [0.1, 0.15) is 11.5 Å². The largest absolute Gasteiger partial charge is 0.495 e. The molecule has 0 bridgehead atoms. The molecule has 0 aliphatic rings. The Morgan fingerprint density at radius 3 is 2.92 bits per heavy atom. The number of rotatable bonds is 5. The van der Waals surface area contributed by atoms with Gasteiger partial charge in [-0.15, -0.1) is 12.3 Å². The zero-order chi connectivity index (χ0) is 9.40. The molecule has 0 aliphatic heterocycles. The summed E-state index contributed by atoms with van der Waals surface area (Å²) in [6.07, 6.45) is 6.47. The second-order valence-corrected chi connectivity index (χ2v) is 2.03. The maximum Gasteiger partial charge on any atom is 0.120 e. The predicted octanol–water partition coefficient (Wildman–Crippen LogP) is 0.886. The van der Waals surface area contributed by atoms with Crippen molar-refractivity contribution in [1.82, 2.24) is 5.48 Å². The molecule has 0 amide bonds. The number of nitrogens with one attached hydrogen (secondary N) is 2. The smallest absolute Gasteiger partial charge is 0.120 e. The van der Waals surface area contributed by atoms with Crippen LogP contribution in [0.5, 0.6) is 0 Å². The average molecular weight is 168 g/mol. The molecule has 3 N–H and O–H groups in total. The van der Waals surface area contributed by atoms with Gasteiger partial charge < -0.3 is 10.1 Å². The highest BCUT2D eigenvalue weighted by Gasteiger charge is 1.97. The van der Waals surface area contributed by atoms with Crippen LogP contribution in [0, 0.1) is 17.8 Å². The van der Waals surface area contributed by atoms with Crippen molar-refractivity contribution in [3.63, 3.8) is 0 Å². The molecule has 0 aromatic carbocycles. The number of hydrogen-bond donors (Lipinski definition) is 3. The summed E-state index contributed by atoms with van der Waals surface area (Å²) in [4.78, 5) is 0. The molecule has 4 heteroatoms. The highest BCUT2D eigenvalue weighted by Crippen LogP contribution is 2.00. The Bertz CT molecular complexity index is 216. The average Bonchev–Trinajstić information content (AvgIpc) is 2.07. The van der Waals surface area contributed by atoms with Gasteiger partial charge in [0.15, 0.2) is 0 Å². The molecular weight excluding hydrogens is 156 g/mol. The fourth-order valence-electron chi connectivity index (χ4n) is 0.553. The van der Waals surface area contributed by atoms with Gasteiger partial charge in [-0.05, 0) is 6.92 Å². The number of ether oxygens (including phenoxy) is 1. The number of allylic oxidation sites excluding steroid dienone is 2. The van der Waals surface area contributed by atoms with E-state index in [1.54, 1.807) is 6.92 Å². The second kappa shape index (κ2) is 6.25. The molecule has 0 rings (SSSR count). The first-order chi connectivity index (χ1) is 5.76. The van der Waals surface area contributed by atoms with Gasteiger partial charge in [-0.25, -0.2) is 0 Å². The van der Waals surface area contributed by atoms with Crippen LogP contribution >= 0.6 is 0 Å². The topological polar surface area (TPSA) is 65.3 Å². The molecule has 0 unspecified atom stereocenters. The fourth-order valence-corrected chi connectivity index (χ4v) is 0.553. The summed E-state index contributed by atoms with van der Waals surface area (Å²) < 4.78 is 5.09. The van der Waals surface area contributed by atoms with Crippen LogP contribution in [0.4, 0.5) is 0 Å². The van der Waals surface area contributed by atoms with E-state index in [0.29, 0.717) is 18.8 Å². The van der Waals surface area contributed by atoms with Crippen LogP contribution < -0.4 is 5.48 Å². The van der Waals surface area contributed by atoms with E-state index in [4.69, 9.17) is 21.8 Å². The lowest BCUT2D eigenvalue weighted by Gasteiger charge is -2.06. The third kappa shape index (κ3) is 3.64. The summed E-state index contributed by atoms with van der Waals surface area (Å²) in [5.41, 5.74) is 2.07. The van der Waals surface area contributed by atoms with E-state index in [1.807, 2.05) is 5.48 Å². The summed E-state index contributed by atoms with van der Waals surface area (Å²) in [6, 6.07) is 0. The lowest BCUT2D eigenvalue weighted by atomic mass is 10.4. The normalized spacial score (nSPS) is 11.1. The molecule has 0 aliphatic carbocycles. The maximum absolute atomic E-state index is 8.47. The van der Waals surface area contributed by atoms with Gasteiger partial charge in [-0.2, -0.15) is 0 Å². The Hall–Kier alpha value is -1.47. The van der Waals surface area contributed by atoms with Crippen LogP contribution in [0.1, 0.15) is 13.3 Å². The van der Waals surface area contributed by atoms with Gasteiger partial charge >= 0.3 is 0 Å². The standard InChI is InChI=1S/C8H12N2O2/c1-3-4-5-12-7(2)8(6-9)10-11/h1,6,9-11H,4-5H2,2H3/b8-7-,9-6?. The zero-order valence-electron chi connectivity index (χ0n) is 6.92. The number of terminal acetylenes is 1. The second-order valence-electron chi connectivity index (χ2n) is 2.03. The van der Waals surface area contributed by atoms with Gasteiger partial charge in [0.2, 0.25) is 0 Å². The molecule has 12 heavy (non-hydrogen) atoms. The molecule has 0 radical (unpaired) electrons. The van der Waals surface area contributed by atoms with Crippen LogP contribution in [0.2, 0.25) is 0 Å². The molecule has 0 saturated heterocycles. The lowest BCUT2D eigenvalue weighted by Crippen LogP contribution is -2.11. The first-order valence-corrected chi connectivity index (χ1v) is 3.44. The molecule has 66 valence electrons. The number of hydroxylamine groups is 1. The first-order valence-electron chi connectivity index (χ1n) is 3.44. The fraction of sp³-hybridized carbons (Fsp3) is 0.375. The lowest BCUT2D eigenvalue weighted by molar-refractivity contribution is 0.179. The summed E-state index contributed by atoms with van der Waals surface area (Å²) >= 11 is 0. The van der Waals surface area contributed by atoms with Crippen molar-refractivity contribution in [3.05, 3.63) is 11.5 Å². The molecule has 4 nitrogen and oxygen atoms in total. The highest BCUT2D eigenvalue weighted by atomic mass is 16.5. The van der Waals surface area contributed by atoms with Gasteiger partial charge in [0.25, 0.3) is 0 Å². The van der Waals surface area contributed by atoms with E-state index in [2.05, 4.69) is 5.92 Å². The van der Waals surface area contributed by atoms with Gasteiger partial charge in [0, 0.05) is 12.6 Å². The molecular formula is C8H12N2O2. The van der Waals surface area contributed by atoms with Gasteiger partial charge in [-0.1, -0.05) is 0 Å². The first kappa shape index (κ1) is 10.5. The van der Waals surface area contributed by atoms with Crippen molar-refractivity contribution in [1.29, 1.82) is 5.41 Å². The summed E-state index contributed by atoms with van der Waals surface area (Å²) in [5, 5.41) is 15.3. The molecule has 0 spiro atoms. The van der Waals surface area contributed by atoms with Crippen molar-refractivity contribution < 1.29 is 9.94 Å². The molecule has 0 atom stereocenters. The predicted molar refractivity (Wildman–Crippen MR) is 45.8 cm³/mol. The highest BCUT2D eigenvalue weighted by molar-refractivity contribution is 5.74. The van der Waals surface area contributed by atoms with Crippen molar-refractivity contribution in [2.45, 2.75) is 13.3 Å². The van der Waals surface area contributed by atoms with Crippen molar-refractivity contribution >= 4 is 6.21 Å². The van der Waals surface area contributed by atoms with E-state index >= 15 is 0 Å². The minimum absolute atomic E-state index is 0.229. The number of hydrogen-bond acceptors (Lipinski definition) is 4. The van der Waals surface area contributed by atoms with E-state index in [-0.39, 0.29) is 5.70 Å². The van der Waals surface area contributed by atoms with Crippen LogP contribution in [0.15, 0.2) is 11.5 Å². The monoisotopic (exact) mass is 168 g/mol. The SMILES string of the molecule is C#CCCO/C(C)=C(/C=N)NO. The molecule has 0 heterocycles. The molecule has 0 fully saturated rings. The zero-order valence-corrected chi connectivity index (χ0v) is 6.92. The summed E-state index contributed by atoms with van der Waals surface area (Å²) in [5.74, 6) is 2.86. The van der Waals surface area contributed by atoms with E-state index in [9.17, 15) is 0 Å². The third-order valence-corrected chi connectivity index (χ3v) is 1.21. The van der Waals surface area contributed by atoms with Crippen LogP contribution in [-0.4, -0.2) is 18.0 Å².